The molecule has 0 rings (SSSR count). The van der Waals surface area contributed by atoms with Crippen molar-refractivity contribution in [2.24, 2.45) is 17.2 Å². The van der Waals surface area contributed by atoms with Crippen LogP contribution in [0.1, 0.15) is 122 Å². The van der Waals surface area contributed by atoms with Gasteiger partial charge in [0.2, 0.25) is 0 Å². The molecule has 0 spiro atoms. The second-order valence-corrected chi connectivity index (χ2v) is 7.72. The van der Waals surface area contributed by atoms with Crippen LogP contribution < -0.4 is 17.2 Å². The second kappa shape index (κ2) is 30.4. The van der Waals surface area contributed by atoms with Gasteiger partial charge in [-0.15, -0.1) is 0 Å². The molecular formula is C24H53N3. The quantitative estimate of drug-likeness (QED) is 0.167. The van der Waals surface area contributed by atoms with E-state index in [1.54, 1.807) is 0 Å². The summed E-state index contributed by atoms with van der Waals surface area (Å²) in [6, 6.07) is 0. The molecule has 3 nitrogen and oxygen atoms in total. The van der Waals surface area contributed by atoms with Crippen molar-refractivity contribution in [3.8, 4) is 0 Å². The van der Waals surface area contributed by atoms with E-state index in [-0.39, 0.29) is 0 Å². The van der Waals surface area contributed by atoms with Crippen molar-refractivity contribution in [2.75, 3.05) is 19.6 Å². The Morgan fingerprint density at radius 1 is 0.407 bits per heavy atom. The van der Waals surface area contributed by atoms with E-state index in [9.17, 15) is 0 Å². The summed E-state index contributed by atoms with van der Waals surface area (Å²) < 4.78 is 0. The van der Waals surface area contributed by atoms with Crippen LogP contribution >= 0.6 is 0 Å². The molecule has 0 atom stereocenters. The molecule has 164 valence electrons. The van der Waals surface area contributed by atoms with E-state index >= 15 is 0 Å². The molecule has 0 aliphatic heterocycles. The van der Waals surface area contributed by atoms with Crippen molar-refractivity contribution in [1.82, 2.24) is 0 Å². The maximum atomic E-state index is 5.47. The first kappa shape index (κ1) is 28.8. The van der Waals surface area contributed by atoms with Crippen molar-refractivity contribution < 1.29 is 0 Å². The normalized spacial score (nSPS) is 11.0. The fourth-order valence-corrected chi connectivity index (χ4v) is 3.03. The summed E-state index contributed by atoms with van der Waals surface area (Å²) in [7, 11) is 0. The molecule has 0 saturated carbocycles. The summed E-state index contributed by atoms with van der Waals surface area (Å²) in [4.78, 5) is 0. The summed E-state index contributed by atoms with van der Waals surface area (Å²) in [5, 5.41) is 0. The van der Waals surface area contributed by atoms with Crippen LogP contribution in [0.15, 0.2) is 12.2 Å². The molecule has 0 saturated heterocycles. The molecule has 0 bridgehead atoms. The van der Waals surface area contributed by atoms with E-state index in [1.165, 1.54) is 103 Å². The van der Waals surface area contributed by atoms with Gasteiger partial charge in [-0.05, 0) is 64.6 Å². The van der Waals surface area contributed by atoms with Gasteiger partial charge in [-0.1, -0.05) is 89.7 Å². The van der Waals surface area contributed by atoms with Gasteiger partial charge in [0.25, 0.3) is 0 Å². The predicted octanol–water partition coefficient (Wildman–Crippen LogP) is 6.45. The summed E-state index contributed by atoms with van der Waals surface area (Å²) in [5.41, 5.74) is 16.0. The Morgan fingerprint density at radius 2 is 0.704 bits per heavy atom. The Morgan fingerprint density at radius 3 is 1.04 bits per heavy atom. The summed E-state index contributed by atoms with van der Waals surface area (Å²) in [5.74, 6) is 0. The zero-order valence-corrected chi connectivity index (χ0v) is 18.7. The Labute approximate surface area is 171 Å². The van der Waals surface area contributed by atoms with Crippen LogP contribution in [0.5, 0.6) is 0 Å². The highest BCUT2D eigenvalue weighted by atomic mass is 14.5. The lowest BCUT2D eigenvalue weighted by Gasteiger charge is -1.99. The van der Waals surface area contributed by atoms with Crippen molar-refractivity contribution in [1.29, 1.82) is 0 Å². The molecule has 6 N–H and O–H groups in total. The third kappa shape index (κ3) is 33.6. The fourth-order valence-electron chi connectivity index (χ4n) is 3.03. The Kier molecular flexibility index (Phi) is 32.4. The number of hydrogen-bond donors (Lipinski definition) is 3. The lowest BCUT2D eigenvalue weighted by atomic mass is 10.1. The third-order valence-electron chi connectivity index (χ3n) is 4.87. The third-order valence-corrected chi connectivity index (χ3v) is 4.87. The van der Waals surface area contributed by atoms with Crippen LogP contribution in [0, 0.1) is 0 Å². The molecule has 0 aromatic heterocycles. The first-order valence-corrected chi connectivity index (χ1v) is 12.1. The number of hydrogen-bond acceptors (Lipinski definition) is 3. The fraction of sp³-hybridized carbons (Fsp3) is 0.917. The van der Waals surface area contributed by atoms with Crippen molar-refractivity contribution >= 4 is 0 Å². The average molecular weight is 384 g/mol. The first-order chi connectivity index (χ1) is 13.3. The molecule has 27 heavy (non-hydrogen) atoms. The highest BCUT2D eigenvalue weighted by Crippen LogP contribution is 2.09. The molecule has 0 amide bonds. The highest BCUT2D eigenvalue weighted by Gasteiger charge is 1.90. The monoisotopic (exact) mass is 383 g/mol. The van der Waals surface area contributed by atoms with Gasteiger partial charge >= 0.3 is 0 Å². The Hall–Kier alpha value is -0.380. The number of nitrogens with two attached hydrogens (primary N) is 3. The smallest absolute Gasteiger partial charge is 0.00773 e. The van der Waals surface area contributed by atoms with E-state index in [1.807, 2.05) is 0 Å². The van der Waals surface area contributed by atoms with Gasteiger partial charge in [-0.25, -0.2) is 0 Å². The van der Waals surface area contributed by atoms with Crippen molar-refractivity contribution in [3.63, 3.8) is 0 Å². The zero-order chi connectivity index (χ0) is 20.3. The van der Waals surface area contributed by atoms with E-state index in [0.717, 1.165) is 32.5 Å². The van der Waals surface area contributed by atoms with Crippen molar-refractivity contribution in [3.05, 3.63) is 12.2 Å². The minimum absolute atomic E-state index is 0.824. The zero-order valence-electron chi connectivity index (χ0n) is 18.7. The van der Waals surface area contributed by atoms with Gasteiger partial charge in [0.15, 0.2) is 0 Å². The molecule has 0 aliphatic rings. The van der Waals surface area contributed by atoms with Crippen molar-refractivity contribution in [2.45, 2.75) is 122 Å². The Balaban J connectivity index is 0. The second-order valence-electron chi connectivity index (χ2n) is 7.72. The highest BCUT2D eigenvalue weighted by molar-refractivity contribution is 4.81. The van der Waals surface area contributed by atoms with Gasteiger partial charge in [-0.3, -0.25) is 0 Å². The van der Waals surface area contributed by atoms with Crippen LogP contribution in [0.4, 0.5) is 0 Å². The van der Waals surface area contributed by atoms with Gasteiger partial charge < -0.3 is 17.2 Å². The molecule has 0 aliphatic carbocycles. The molecule has 3 heteroatoms. The van der Waals surface area contributed by atoms with E-state index < -0.39 is 0 Å². The lowest BCUT2D eigenvalue weighted by Crippen LogP contribution is -2.00. The van der Waals surface area contributed by atoms with Gasteiger partial charge in [-0.2, -0.15) is 0 Å². The predicted molar refractivity (Wildman–Crippen MR) is 125 cm³/mol. The maximum Gasteiger partial charge on any atom is -0.00773 e. The minimum atomic E-state index is 0.824. The molecule has 0 aromatic rings. The number of allylic oxidation sites excluding steroid dienone is 2. The van der Waals surface area contributed by atoms with Crippen LogP contribution in [0.2, 0.25) is 0 Å². The first-order valence-electron chi connectivity index (χ1n) is 12.1. The standard InChI is InChI=1S/C18H37N.C6H16N2/c1-2-3-4-5-6-7-8-9-10-11-12-13-14-15-16-17-18-19;7-5-3-1-2-4-6-8/h9-10H,2-8,11-19H2,1H3;1-8H2/b10-9-;. The molecule has 0 radical (unpaired) electrons. The molecular weight excluding hydrogens is 330 g/mol. The van der Waals surface area contributed by atoms with Crippen LogP contribution in [-0.2, 0) is 0 Å². The topological polar surface area (TPSA) is 78.1 Å². The van der Waals surface area contributed by atoms with E-state index in [2.05, 4.69) is 19.1 Å². The molecule has 0 unspecified atom stereocenters. The SMILES string of the molecule is CCCCCCCC/C=C\CCCCCCCCN.NCCCCCCN. The largest absolute Gasteiger partial charge is 0.330 e. The summed E-state index contributed by atoms with van der Waals surface area (Å²) >= 11 is 0. The molecule has 0 heterocycles. The molecule has 0 aromatic carbocycles. The summed E-state index contributed by atoms with van der Waals surface area (Å²) in [6.45, 7) is 4.79. The van der Waals surface area contributed by atoms with Crippen LogP contribution in [-0.4, -0.2) is 19.6 Å². The minimum Gasteiger partial charge on any atom is -0.330 e. The Bertz CT molecular complexity index is 248. The van der Waals surface area contributed by atoms with Gasteiger partial charge in [0.1, 0.15) is 0 Å². The molecule has 0 fully saturated rings. The van der Waals surface area contributed by atoms with Crippen LogP contribution in [0.25, 0.3) is 0 Å². The van der Waals surface area contributed by atoms with E-state index in [0.29, 0.717) is 0 Å². The lowest BCUT2D eigenvalue weighted by molar-refractivity contribution is 0.599. The maximum absolute atomic E-state index is 5.47. The van der Waals surface area contributed by atoms with Crippen LogP contribution in [0.3, 0.4) is 0 Å². The van der Waals surface area contributed by atoms with Gasteiger partial charge in [0.05, 0.1) is 0 Å². The van der Waals surface area contributed by atoms with Gasteiger partial charge in [0, 0.05) is 0 Å². The summed E-state index contributed by atoms with van der Waals surface area (Å²) in [6.07, 6.45) is 28.7. The number of rotatable bonds is 20. The number of unbranched alkanes of at least 4 members (excludes halogenated alkanes) is 15. The van der Waals surface area contributed by atoms with E-state index in [4.69, 9.17) is 17.2 Å². The average Bonchev–Trinajstić information content (AvgIpc) is 2.69.